The summed E-state index contributed by atoms with van der Waals surface area (Å²) < 4.78 is 1.53. The van der Waals surface area contributed by atoms with E-state index in [0.717, 1.165) is 5.69 Å². The number of aromatic nitrogens is 2. The number of hydrogen-bond donors (Lipinski definition) is 3. The zero-order valence-electron chi connectivity index (χ0n) is 10.9. The van der Waals surface area contributed by atoms with Gasteiger partial charge in [0.15, 0.2) is 0 Å². The van der Waals surface area contributed by atoms with Crippen LogP contribution in [0.1, 0.15) is 5.56 Å². The number of carbonyl (C=O) groups is 1. The van der Waals surface area contributed by atoms with Crippen LogP contribution in [-0.4, -0.2) is 27.8 Å². The molecule has 0 fully saturated rings. The third kappa shape index (κ3) is 3.42. The van der Waals surface area contributed by atoms with Gasteiger partial charge in [-0.25, -0.2) is 0 Å². The van der Waals surface area contributed by atoms with Crippen molar-refractivity contribution in [3.8, 4) is 5.75 Å². The molecule has 0 aliphatic heterocycles. The van der Waals surface area contributed by atoms with Crippen molar-refractivity contribution in [3.05, 3.63) is 41.2 Å². The number of anilines is 1. The molecule has 0 aliphatic carbocycles. The van der Waals surface area contributed by atoms with Crippen molar-refractivity contribution in [2.45, 2.75) is 13.1 Å². The highest BCUT2D eigenvalue weighted by molar-refractivity contribution is 6.32. The fourth-order valence-corrected chi connectivity index (χ4v) is 1.86. The minimum atomic E-state index is -0.118. The maximum absolute atomic E-state index is 11.2. The first-order valence-corrected chi connectivity index (χ1v) is 6.41. The standard InChI is InChI=1S/C13H15ClN4O2/c1-15-12(19)8-18-7-10(6-17-18)16-5-9-3-2-4-11(14)13(9)20/h2-4,6-7,16,20H,5,8H2,1H3,(H,15,19). The number of phenols is 1. The summed E-state index contributed by atoms with van der Waals surface area (Å²) in [4.78, 5) is 11.2. The first-order chi connectivity index (χ1) is 9.60. The van der Waals surface area contributed by atoms with Gasteiger partial charge in [-0.15, -0.1) is 0 Å². The summed E-state index contributed by atoms with van der Waals surface area (Å²) in [7, 11) is 1.58. The number of carbonyl (C=O) groups excluding carboxylic acids is 1. The number of likely N-dealkylation sites (N-methyl/N-ethyl adjacent to an activating group) is 1. The second-order valence-corrected chi connectivity index (χ2v) is 4.61. The lowest BCUT2D eigenvalue weighted by Crippen LogP contribution is -2.23. The van der Waals surface area contributed by atoms with E-state index in [1.54, 1.807) is 37.6 Å². The molecule has 0 aliphatic rings. The summed E-state index contributed by atoms with van der Waals surface area (Å²) in [5.74, 6) is -0.0495. The zero-order chi connectivity index (χ0) is 14.5. The number of para-hydroxylation sites is 1. The summed E-state index contributed by atoms with van der Waals surface area (Å²) in [6.07, 6.45) is 3.33. The molecule has 0 atom stereocenters. The Balaban J connectivity index is 1.97. The molecular weight excluding hydrogens is 280 g/mol. The SMILES string of the molecule is CNC(=O)Cn1cc(NCc2cccc(Cl)c2O)cn1. The van der Waals surface area contributed by atoms with Gasteiger partial charge in [0.05, 0.1) is 16.9 Å². The number of benzene rings is 1. The maximum Gasteiger partial charge on any atom is 0.241 e. The molecule has 0 radical (unpaired) electrons. The number of aromatic hydroxyl groups is 1. The number of hydrogen-bond acceptors (Lipinski definition) is 4. The first-order valence-electron chi connectivity index (χ1n) is 6.03. The van der Waals surface area contributed by atoms with Crippen molar-refractivity contribution in [1.29, 1.82) is 0 Å². The molecule has 0 spiro atoms. The van der Waals surface area contributed by atoms with Crippen LogP contribution in [0.4, 0.5) is 5.69 Å². The van der Waals surface area contributed by atoms with Crippen LogP contribution in [0.5, 0.6) is 5.75 Å². The fourth-order valence-electron chi connectivity index (χ4n) is 1.67. The molecule has 1 aromatic heterocycles. The van der Waals surface area contributed by atoms with E-state index in [-0.39, 0.29) is 18.2 Å². The second-order valence-electron chi connectivity index (χ2n) is 4.20. The largest absolute Gasteiger partial charge is 0.506 e. The van der Waals surface area contributed by atoms with Gasteiger partial charge in [-0.3, -0.25) is 9.48 Å². The van der Waals surface area contributed by atoms with E-state index in [2.05, 4.69) is 15.7 Å². The van der Waals surface area contributed by atoms with E-state index < -0.39 is 0 Å². The molecule has 0 saturated carbocycles. The summed E-state index contributed by atoms with van der Waals surface area (Å²) in [6.45, 7) is 0.582. The molecule has 0 bridgehead atoms. The van der Waals surface area contributed by atoms with E-state index >= 15 is 0 Å². The predicted molar refractivity (Wildman–Crippen MR) is 76.7 cm³/mol. The van der Waals surface area contributed by atoms with Gasteiger partial charge in [-0.1, -0.05) is 23.7 Å². The minimum absolute atomic E-state index is 0.0689. The van der Waals surface area contributed by atoms with Crippen LogP contribution in [0.2, 0.25) is 5.02 Å². The lowest BCUT2D eigenvalue weighted by Gasteiger charge is -2.07. The van der Waals surface area contributed by atoms with Gasteiger partial charge in [-0.05, 0) is 6.07 Å². The number of amides is 1. The van der Waals surface area contributed by atoms with Crippen molar-refractivity contribution in [3.63, 3.8) is 0 Å². The molecular formula is C13H15ClN4O2. The normalized spacial score (nSPS) is 10.3. The highest BCUT2D eigenvalue weighted by atomic mass is 35.5. The Morgan fingerprint density at radius 3 is 3.05 bits per heavy atom. The summed E-state index contributed by atoms with van der Waals surface area (Å²) in [5, 5.41) is 19.8. The third-order valence-corrected chi connectivity index (χ3v) is 3.08. The molecule has 7 heteroatoms. The van der Waals surface area contributed by atoms with Gasteiger partial charge < -0.3 is 15.7 Å². The average Bonchev–Trinajstić information content (AvgIpc) is 2.88. The Morgan fingerprint density at radius 1 is 1.50 bits per heavy atom. The molecule has 2 aromatic rings. The number of rotatable bonds is 5. The number of halogens is 1. The molecule has 6 nitrogen and oxygen atoms in total. The summed E-state index contributed by atoms with van der Waals surface area (Å²) in [5.41, 5.74) is 1.45. The number of nitrogens with zero attached hydrogens (tertiary/aromatic N) is 2. The van der Waals surface area contributed by atoms with Crippen LogP contribution in [0.15, 0.2) is 30.6 Å². The fraction of sp³-hybridized carbons (Fsp3) is 0.231. The topological polar surface area (TPSA) is 79.2 Å². The van der Waals surface area contributed by atoms with Crippen molar-refractivity contribution >= 4 is 23.2 Å². The van der Waals surface area contributed by atoms with E-state index in [0.29, 0.717) is 17.1 Å². The van der Waals surface area contributed by atoms with Crippen LogP contribution < -0.4 is 10.6 Å². The molecule has 2 rings (SSSR count). The lowest BCUT2D eigenvalue weighted by atomic mass is 10.2. The van der Waals surface area contributed by atoms with Gasteiger partial charge in [0, 0.05) is 25.4 Å². The van der Waals surface area contributed by atoms with Gasteiger partial charge in [0.1, 0.15) is 12.3 Å². The number of phenolic OH excluding ortho intramolecular Hbond substituents is 1. The minimum Gasteiger partial charge on any atom is -0.506 e. The first kappa shape index (κ1) is 14.2. The van der Waals surface area contributed by atoms with E-state index in [1.165, 1.54) is 4.68 Å². The Morgan fingerprint density at radius 2 is 2.30 bits per heavy atom. The second kappa shape index (κ2) is 6.29. The Bertz CT molecular complexity index is 612. The molecule has 20 heavy (non-hydrogen) atoms. The molecule has 1 heterocycles. The molecule has 0 unspecified atom stereocenters. The zero-order valence-corrected chi connectivity index (χ0v) is 11.7. The van der Waals surface area contributed by atoms with Crippen molar-refractivity contribution in [1.82, 2.24) is 15.1 Å². The van der Waals surface area contributed by atoms with Gasteiger partial charge in [0.2, 0.25) is 5.91 Å². The van der Waals surface area contributed by atoms with Gasteiger partial charge >= 0.3 is 0 Å². The van der Waals surface area contributed by atoms with Crippen LogP contribution in [0, 0.1) is 0 Å². The van der Waals surface area contributed by atoms with Gasteiger partial charge in [-0.2, -0.15) is 5.10 Å². The van der Waals surface area contributed by atoms with Crippen LogP contribution >= 0.6 is 11.6 Å². The highest BCUT2D eigenvalue weighted by Crippen LogP contribution is 2.27. The Kier molecular flexibility index (Phi) is 4.47. The Labute approximate surface area is 121 Å². The lowest BCUT2D eigenvalue weighted by molar-refractivity contribution is -0.121. The predicted octanol–water partition coefficient (Wildman–Crippen LogP) is 1.60. The summed E-state index contributed by atoms with van der Waals surface area (Å²) in [6, 6.07) is 5.18. The molecule has 1 aromatic carbocycles. The smallest absolute Gasteiger partial charge is 0.241 e. The molecule has 0 saturated heterocycles. The molecule has 106 valence electrons. The van der Waals surface area contributed by atoms with Gasteiger partial charge in [0.25, 0.3) is 0 Å². The average molecular weight is 295 g/mol. The van der Waals surface area contributed by atoms with E-state index in [9.17, 15) is 9.90 Å². The molecule has 1 amide bonds. The quantitative estimate of drug-likeness (QED) is 0.782. The highest BCUT2D eigenvalue weighted by Gasteiger charge is 2.06. The van der Waals surface area contributed by atoms with Crippen LogP contribution in [-0.2, 0) is 17.9 Å². The monoisotopic (exact) mass is 294 g/mol. The third-order valence-electron chi connectivity index (χ3n) is 2.77. The van der Waals surface area contributed by atoms with Crippen molar-refractivity contribution in [2.24, 2.45) is 0 Å². The van der Waals surface area contributed by atoms with Crippen molar-refractivity contribution < 1.29 is 9.90 Å². The number of nitrogens with one attached hydrogen (secondary N) is 2. The maximum atomic E-state index is 11.2. The van der Waals surface area contributed by atoms with Crippen LogP contribution in [0.25, 0.3) is 0 Å². The molecule has 3 N–H and O–H groups in total. The Hall–Kier alpha value is -2.21. The summed E-state index contributed by atoms with van der Waals surface area (Å²) >= 11 is 5.83. The van der Waals surface area contributed by atoms with Crippen LogP contribution in [0.3, 0.4) is 0 Å². The van der Waals surface area contributed by atoms with E-state index in [1.807, 2.05) is 0 Å². The van der Waals surface area contributed by atoms with Crippen molar-refractivity contribution in [2.75, 3.05) is 12.4 Å². The van der Waals surface area contributed by atoms with E-state index in [4.69, 9.17) is 11.6 Å².